The molecule has 74 valence electrons. The first-order chi connectivity index (χ1) is 6.86. The van der Waals surface area contributed by atoms with E-state index in [1.807, 2.05) is 0 Å². The number of hydrogen-bond acceptors (Lipinski definition) is 1. The highest BCUT2D eigenvalue weighted by Crippen LogP contribution is 2.41. The van der Waals surface area contributed by atoms with Crippen LogP contribution in [0.15, 0.2) is 24.3 Å². The van der Waals surface area contributed by atoms with Gasteiger partial charge in [0, 0.05) is 12.0 Å². The molecule has 3 atom stereocenters. The van der Waals surface area contributed by atoms with Gasteiger partial charge >= 0.3 is 0 Å². The Balaban J connectivity index is 2.03. The molecule has 1 N–H and O–H groups in total. The van der Waals surface area contributed by atoms with Crippen molar-refractivity contribution in [1.29, 1.82) is 0 Å². The second-order valence-electron chi connectivity index (χ2n) is 4.76. The van der Waals surface area contributed by atoms with Crippen LogP contribution in [0.25, 0.3) is 0 Å². The van der Waals surface area contributed by atoms with Crippen molar-refractivity contribution in [2.24, 2.45) is 5.92 Å². The zero-order valence-corrected chi connectivity index (χ0v) is 8.66. The summed E-state index contributed by atoms with van der Waals surface area (Å²) in [6.45, 7) is 3.61. The first kappa shape index (κ1) is 8.49. The molecule has 0 bridgehead atoms. The standard InChI is InChI=1S/C13H17N/c1-9-6-7-14-12-8-10-4-2-3-5-11(10)13(9)12/h2-5,9,12-14H,6-8H2,1H3/t9-,12-,13?/m0/s1. The van der Waals surface area contributed by atoms with Crippen molar-refractivity contribution < 1.29 is 0 Å². The topological polar surface area (TPSA) is 12.0 Å². The van der Waals surface area contributed by atoms with Gasteiger partial charge < -0.3 is 5.32 Å². The molecule has 14 heavy (non-hydrogen) atoms. The molecular formula is C13H17N. The first-order valence-corrected chi connectivity index (χ1v) is 5.67. The molecule has 1 unspecified atom stereocenters. The molecule has 1 aliphatic heterocycles. The van der Waals surface area contributed by atoms with Gasteiger partial charge in [0.15, 0.2) is 0 Å². The zero-order valence-electron chi connectivity index (χ0n) is 8.66. The highest BCUT2D eigenvalue weighted by Gasteiger charge is 2.37. The Hall–Kier alpha value is -0.820. The third-order valence-corrected chi connectivity index (χ3v) is 3.91. The monoisotopic (exact) mass is 187 g/mol. The summed E-state index contributed by atoms with van der Waals surface area (Å²) in [7, 11) is 0. The largest absolute Gasteiger partial charge is 0.313 e. The van der Waals surface area contributed by atoms with Gasteiger partial charge in [-0.25, -0.2) is 0 Å². The summed E-state index contributed by atoms with van der Waals surface area (Å²) in [5, 5.41) is 3.66. The van der Waals surface area contributed by atoms with E-state index in [2.05, 4.69) is 36.5 Å². The lowest BCUT2D eigenvalue weighted by atomic mass is 9.81. The Morgan fingerprint density at radius 3 is 3.07 bits per heavy atom. The van der Waals surface area contributed by atoms with Crippen molar-refractivity contribution in [2.75, 3.05) is 6.54 Å². The number of nitrogens with one attached hydrogen (secondary N) is 1. The minimum absolute atomic E-state index is 0.719. The maximum absolute atomic E-state index is 3.66. The normalized spacial score (nSPS) is 35.1. The van der Waals surface area contributed by atoms with Crippen molar-refractivity contribution in [2.45, 2.75) is 31.7 Å². The van der Waals surface area contributed by atoms with Crippen LogP contribution in [0.1, 0.15) is 30.4 Å². The molecule has 1 aliphatic carbocycles. The fourth-order valence-electron chi connectivity index (χ4n) is 3.20. The fourth-order valence-corrected chi connectivity index (χ4v) is 3.20. The smallest absolute Gasteiger partial charge is 0.0179 e. The molecule has 0 radical (unpaired) electrons. The van der Waals surface area contributed by atoms with Crippen LogP contribution in [0.4, 0.5) is 0 Å². The van der Waals surface area contributed by atoms with Crippen LogP contribution in [-0.4, -0.2) is 12.6 Å². The average molecular weight is 187 g/mol. The Kier molecular flexibility index (Phi) is 1.88. The minimum Gasteiger partial charge on any atom is -0.313 e. The van der Waals surface area contributed by atoms with Crippen LogP contribution in [0.5, 0.6) is 0 Å². The molecular weight excluding hydrogens is 170 g/mol. The van der Waals surface area contributed by atoms with E-state index >= 15 is 0 Å². The van der Waals surface area contributed by atoms with Gasteiger partial charge in [0.25, 0.3) is 0 Å². The van der Waals surface area contributed by atoms with Crippen molar-refractivity contribution in [1.82, 2.24) is 5.32 Å². The highest BCUT2D eigenvalue weighted by molar-refractivity contribution is 5.38. The average Bonchev–Trinajstić information content (AvgIpc) is 2.57. The molecule has 0 spiro atoms. The fraction of sp³-hybridized carbons (Fsp3) is 0.538. The third-order valence-electron chi connectivity index (χ3n) is 3.91. The third kappa shape index (κ3) is 1.12. The molecule has 1 saturated heterocycles. The quantitative estimate of drug-likeness (QED) is 0.657. The molecule has 1 heteroatoms. The van der Waals surface area contributed by atoms with Crippen molar-refractivity contribution in [3.8, 4) is 0 Å². The number of rotatable bonds is 0. The lowest BCUT2D eigenvalue weighted by Gasteiger charge is -2.33. The molecule has 2 aliphatic rings. The van der Waals surface area contributed by atoms with Gasteiger partial charge in [-0.3, -0.25) is 0 Å². The molecule has 1 nitrogen and oxygen atoms in total. The lowest BCUT2D eigenvalue weighted by molar-refractivity contribution is 0.287. The van der Waals surface area contributed by atoms with Crippen molar-refractivity contribution >= 4 is 0 Å². The Bertz CT molecular complexity index is 345. The molecule has 0 saturated carbocycles. The molecule has 1 heterocycles. The Morgan fingerprint density at radius 2 is 2.14 bits per heavy atom. The maximum Gasteiger partial charge on any atom is 0.0179 e. The predicted octanol–water partition coefficient (Wildman–Crippen LogP) is 2.32. The second-order valence-corrected chi connectivity index (χ2v) is 4.76. The van der Waals surface area contributed by atoms with E-state index in [9.17, 15) is 0 Å². The van der Waals surface area contributed by atoms with Crippen LogP contribution < -0.4 is 5.32 Å². The zero-order chi connectivity index (χ0) is 9.54. The summed E-state index contributed by atoms with van der Waals surface area (Å²) in [6.07, 6.45) is 2.57. The van der Waals surface area contributed by atoms with E-state index < -0.39 is 0 Å². The van der Waals surface area contributed by atoms with Gasteiger partial charge in [0.1, 0.15) is 0 Å². The van der Waals surface area contributed by atoms with E-state index in [1.54, 1.807) is 11.1 Å². The highest BCUT2D eigenvalue weighted by atomic mass is 14.9. The van der Waals surface area contributed by atoms with Crippen LogP contribution in [-0.2, 0) is 6.42 Å². The molecule has 0 aromatic heterocycles. The van der Waals surface area contributed by atoms with Crippen LogP contribution in [0.3, 0.4) is 0 Å². The summed E-state index contributed by atoms with van der Waals surface area (Å²) in [5.41, 5.74) is 3.18. The van der Waals surface area contributed by atoms with E-state index in [0.717, 1.165) is 17.9 Å². The molecule has 3 rings (SSSR count). The van der Waals surface area contributed by atoms with E-state index in [-0.39, 0.29) is 0 Å². The van der Waals surface area contributed by atoms with Gasteiger partial charge in [-0.2, -0.15) is 0 Å². The first-order valence-electron chi connectivity index (χ1n) is 5.67. The lowest BCUT2D eigenvalue weighted by Crippen LogP contribution is -2.41. The second kappa shape index (κ2) is 3.09. The number of hydrogen-bond donors (Lipinski definition) is 1. The number of piperidine rings is 1. The summed E-state index contributed by atoms with van der Waals surface area (Å²) in [5.74, 6) is 1.63. The number of fused-ring (bicyclic) bond motifs is 3. The van der Waals surface area contributed by atoms with E-state index in [0.29, 0.717) is 0 Å². The Labute approximate surface area is 85.5 Å². The van der Waals surface area contributed by atoms with Gasteiger partial charge in [-0.1, -0.05) is 31.2 Å². The summed E-state index contributed by atoms with van der Waals surface area (Å²) >= 11 is 0. The van der Waals surface area contributed by atoms with E-state index in [1.165, 1.54) is 19.4 Å². The number of benzene rings is 1. The summed E-state index contributed by atoms with van der Waals surface area (Å²) < 4.78 is 0. The van der Waals surface area contributed by atoms with Crippen molar-refractivity contribution in [3.63, 3.8) is 0 Å². The molecule has 1 aromatic rings. The predicted molar refractivity (Wildman–Crippen MR) is 58.5 cm³/mol. The van der Waals surface area contributed by atoms with Gasteiger partial charge in [-0.05, 0) is 36.4 Å². The minimum atomic E-state index is 0.719. The summed E-state index contributed by atoms with van der Waals surface area (Å²) in [4.78, 5) is 0. The van der Waals surface area contributed by atoms with Gasteiger partial charge in [-0.15, -0.1) is 0 Å². The van der Waals surface area contributed by atoms with Crippen LogP contribution >= 0.6 is 0 Å². The van der Waals surface area contributed by atoms with Crippen molar-refractivity contribution in [3.05, 3.63) is 35.4 Å². The van der Waals surface area contributed by atoms with Gasteiger partial charge in [0.05, 0.1) is 0 Å². The maximum atomic E-state index is 3.66. The summed E-state index contributed by atoms with van der Waals surface area (Å²) in [6, 6.07) is 9.69. The Morgan fingerprint density at radius 1 is 1.29 bits per heavy atom. The van der Waals surface area contributed by atoms with E-state index in [4.69, 9.17) is 0 Å². The SMILES string of the molecule is C[C@H]1CCN[C@H]2Cc3ccccc3C21. The van der Waals surface area contributed by atoms with Crippen LogP contribution in [0, 0.1) is 5.92 Å². The molecule has 0 amide bonds. The van der Waals surface area contributed by atoms with Gasteiger partial charge in [0.2, 0.25) is 0 Å². The van der Waals surface area contributed by atoms with Crippen LogP contribution in [0.2, 0.25) is 0 Å². The molecule has 1 aromatic carbocycles. The molecule has 1 fully saturated rings.